The highest BCUT2D eigenvalue weighted by Crippen LogP contribution is 2.17. The van der Waals surface area contributed by atoms with E-state index in [1.165, 1.54) is 18.5 Å². The first-order chi connectivity index (χ1) is 14.0. The number of rotatable bonds is 6. The highest BCUT2D eigenvalue weighted by molar-refractivity contribution is 9.10. The van der Waals surface area contributed by atoms with Crippen LogP contribution < -0.4 is 10.1 Å². The molecular formula is C21H14BrN3O4. The van der Waals surface area contributed by atoms with Crippen molar-refractivity contribution in [1.29, 1.82) is 5.26 Å². The van der Waals surface area contributed by atoms with Crippen molar-refractivity contribution in [3.05, 3.63) is 88.1 Å². The number of halogens is 1. The van der Waals surface area contributed by atoms with Crippen LogP contribution in [0.3, 0.4) is 0 Å². The molecule has 7 nitrogen and oxygen atoms in total. The van der Waals surface area contributed by atoms with Gasteiger partial charge in [0, 0.05) is 16.9 Å². The molecular weight excluding hydrogens is 438 g/mol. The Hall–Kier alpha value is -3.70. The van der Waals surface area contributed by atoms with Gasteiger partial charge in [0.1, 0.15) is 23.2 Å². The molecule has 2 aromatic heterocycles. The molecule has 0 atom stereocenters. The number of ether oxygens (including phenoxy) is 1. The van der Waals surface area contributed by atoms with Crippen LogP contribution >= 0.6 is 15.9 Å². The molecule has 3 rings (SSSR count). The number of nitrogens with one attached hydrogen (secondary N) is 1. The molecule has 0 saturated carbocycles. The van der Waals surface area contributed by atoms with Gasteiger partial charge in [0.25, 0.3) is 5.91 Å². The minimum absolute atomic E-state index is 0.0542. The van der Waals surface area contributed by atoms with Gasteiger partial charge in [-0.2, -0.15) is 5.26 Å². The molecule has 0 radical (unpaired) electrons. The molecule has 0 unspecified atom stereocenters. The van der Waals surface area contributed by atoms with Crippen molar-refractivity contribution in [2.24, 2.45) is 0 Å². The van der Waals surface area contributed by atoms with Gasteiger partial charge >= 0.3 is 5.97 Å². The van der Waals surface area contributed by atoms with Crippen LogP contribution in [0.5, 0.6) is 5.75 Å². The van der Waals surface area contributed by atoms with Gasteiger partial charge in [0.05, 0.1) is 18.4 Å². The highest BCUT2D eigenvalue weighted by atomic mass is 79.9. The maximum Gasteiger partial charge on any atom is 0.345 e. The fraction of sp³-hybridized carbons (Fsp3) is 0.0476. The molecule has 0 aliphatic rings. The molecule has 0 saturated heterocycles. The molecule has 2 heterocycles. The van der Waals surface area contributed by atoms with Crippen molar-refractivity contribution in [3.63, 3.8) is 0 Å². The summed E-state index contributed by atoms with van der Waals surface area (Å²) < 4.78 is 11.1. The lowest BCUT2D eigenvalue weighted by Gasteiger charge is -2.05. The second-order valence-electron chi connectivity index (χ2n) is 5.78. The van der Waals surface area contributed by atoms with E-state index in [0.717, 1.165) is 0 Å². The second kappa shape index (κ2) is 9.48. The van der Waals surface area contributed by atoms with Crippen LogP contribution in [-0.2, 0) is 11.3 Å². The van der Waals surface area contributed by atoms with E-state index in [0.29, 0.717) is 27.1 Å². The van der Waals surface area contributed by atoms with Crippen LogP contribution in [-0.4, -0.2) is 16.9 Å². The lowest BCUT2D eigenvalue weighted by Crippen LogP contribution is -2.23. The summed E-state index contributed by atoms with van der Waals surface area (Å²) in [7, 11) is 0. The molecule has 0 fully saturated rings. The SMILES string of the molecule is N#C/C(=C\c1ccc(OC(=O)c2cncc(Br)c2)cc1)C(=O)NCc1ccco1. The number of hydrogen-bond acceptors (Lipinski definition) is 6. The summed E-state index contributed by atoms with van der Waals surface area (Å²) >= 11 is 3.25. The Morgan fingerprint density at radius 2 is 2.03 bits per heavy atom. The normalized spacial score (nSPS) is 10.8. The summed E-state index contributed by atoms with van der Waals surface area (Å²) in [4.78, 5) is 28.2. The monoisotopic (exact) mass is 451 g/mol. The average Bonchev–Trinajstić information content (AvgIpc) is 3.25. The number of furan rings is 1. The number of carbonyl (C=O) groups is 2. The van der Waals surface area contributed by atoms with E-state index in [9.17, 15) is 14.9 Å². The third kappa shape index (κ3) is 5.64. The van der Waals surface area contributed by atoms with Crippen molar-refractivity contribution in [2.75, 3.05) is 0 Å². The summed E-state index contributed by atoms with van der Waals surface area (Å²) in [5.41, 5.74) is 0.864. The van der Waals surface area contributed by atoms with Crippen molar-refractivity contribution in [2.45, 2.75) is 6.54 Å². The van der Waals surface area contributed by atoms with E-state index in [-0.39, 0.29) is 12.1 Å². The quantitative estimate of drug-likeness (QED) is 0.264. The Morgan fingerprint density at radius 1 is 1.24 bits per heavy atom. The fourth-order valence-electron chi connectivity index (χ4n) is 2.31. The van der Waals surface area contributed by atoms with Crippen molar-refractivity contribution in [3.8, 4) is 11.8 Å². The first-order valence-corrected chi connectivity index (χ1v) is 9.19. The van der Waals surface area contributed by atoms with E-state index in [1.807, 2.05) is 6.07 Å². The van der Waals surface area contributed by atoms with E-state index < -0.39 is 11.9 Å². The zero-order valence-electron chi connectivity index (χ0n) is 15.0. The molecule has 3 aromatic rings. The maximum atomic E-state index is 12.1. The van der Waals surface area contributed by atoms with Gasteiger partial charge in [0.15, 0.2) is 0 Å². The number of benzene rings is 1. The second-order valence-corrected chi connectivity index (χ2v) is 6.70. The van der Waals surface area contributed by atoms with Crippen molar-refractivity contribution in [1.82, 2.24) is 10.3 Å². The summed E-state index contributed by atoms with van der Waals surface area (Å²) in [6.07, 6.45) is 5.92. The van der Waals surface area contributed by atoms with Crippen molar-refractivity contribution >= 4 is 33.9 Å². The van der Waals surface area contributed by atoms with Gasteiger partial charge in [-0.05, 0) is 57.9 Å². The predicted octanol–water partition coefficient (Wildman–Crippen LogP) is 3.88. The lowest BCUT2D eigenvalue weighted by molar-refractivity contribution is -0.117. The Bertz CT molecular complexity index is 1080. The van der Waals surface area contributed by atoms with Gasteiger partial charge in [-0.25, -0.2) is 4.79 Å². The number of pyridine rings is 1. The summed E-state index contributed by atoms with van der Waals surface area (Å²) in [6, 6.07) is 13.3. The number of esters is 1. The molecule has 1 aromatic carbocycles. The number of carbonyl (C=O) groups excluding carboxylic acids is 2. The Morgan fingerprint density at radius 3 is 2.69 bits per heavy atom. The minimum Gasteiger partial charge on any atom is -0.467 e. The van der Waals surface area contributed by atoms with E-state index in [2.05, 4.69) is 26.2 Å². The molecule has 0 aliphatic carbocycles. The van der Waals surface area contributed by atoms with E-state index >= 15 is 0 Å². The number of amides is 1. The van der Waals surface area contributed by atoms with E-state index in [1.54, 1.807) is 48.7 Å². The van der Waals surface area contributed by atoms with Gasteiger partial charge in [0.2, 0.25) is 0 Å². The Kier molecular flexibility index (Phi) is 6.55. The standard InChI is InChI=1S/C21H14BrN3O4/c22-17-9-16(11-24-12-17)21(27)29-18-5-3-14(4-6-18)8-15(10-23)20(26)25-13-19-2-1-7-28-19/h1-9,11-12H,13H2,(H,25,26)/b15-8+. The highest BCUT2D eigenvalue weighted by Gasteiger charge is 2.11. The predicted molar refractivity (Wildman–Crippen MR) is 107 cm³/mol. The third-order valence-electron chi connectivity index (χ3n) is 3.71. The van der Waals surface area contributed by atoms with Crippen molar-refractivity contribution < 1.29 is 18.7 Å². The molecule has 29 heavy (non-hydrogen) atoms. The van der Waals surface area contributed by atoms with Gasteiger partial charge in [-0.3, -0.25) is 9.78 Å². The average molecular weight is 452 g/mol. The van der Waals surface area contributed by atoms with Crippen LogP contribution in [0, 0.1) is 11.3 Å². The Balaban J connectivity index is 1.64. The summed E-state index contributed by atoms with van der Waals surface area (Å²) in [5.74, 6) is -0.144. The molecule has 0 bridgehead atoms. The zero-order valence-corrected chi connectivity index (χ0v) is 16.5. The lowest BCUT2D eigenvalue weighted by atomic mass is 10.1. The summed E-state index contributed by atoms with van der Waals surface area (Å²) in [6.45, 7) is 0.185. The summed E-state index contributed by atoms with van der Waals surface area (Å²) in [5, 5.41) is 11.9. The van der Waals surface area contributed by atoms with Gasteiger partial charge in [-0.15, -0.1) is 0 Å². The molecule has 8 heteroatoms. The van der Waals surface area contributed by atoms with Gasteiger partial charge < -0.3 is 14.5 Å². The largest absolute Gasteiger partial charge is 0.467 e. The number of nitrogens with zero attached hydrogens (tertiary/aromatic N) is 2. The van der Waals surface area contributed by atoms with Crippen LogP contribution in [0.25, 0.3) is 6.08 Å². The van der Waals surface area contributed by atoms with Crippen LogP contribution in [0.2, 0.25) is 0 Å². The Labute approximate surface area is 174 Å². The maximum absolute atomic E-state index is 12.1. The number of nitriles is 1. The third-order valence-corrected chi connectivity index (χ3v) is 4.14. The zero-order chi connectivity index (χ0) is 20.6. The van der Waals surface area contributed by atoms with Crippen LogP contribution in [0.4, 0.5) is 0 Å². The first-order valence-electron chi connectivity index (χ1n) is 8.40. The van der Waals surface area contributed by atoms with Crippen LogP contribution in [0.1, 0.15) is 21.7 Å². The molecule has 0 aliphatic heterocycles. The van der Waals surface area contributed by atoms with E-state index in [4.69, 9.17) is 9.15 Å². The molecule has 0 spiro atoms. The first kappa shape index (κ1) is 20.0. The number of hydrogen-bond donors (Lipinski definition) is 1. The fourth-order valence-corrected chi connectivity index (χ4v) is 2.68. The minimum atomic E-state index is -0.544. The smallest absolute Gasteiger partial charge is 0.345 e. The number of aromatic nitrogens is 1. The van der Waals surface area contributed by atoms with Crippen LogP contribution in [0.15, 0.2) is 75.6 Å². The molecule has 1 amide bonds. The molecule has 144 valence electrons. The van der Waals surface area contributed by atoms with Gasteiger partial charge in [-0.1, -0.05) is 12.1 Å². The topological polar surface area (TPSA) is 105 Å². The molecule has 1 N–H and O–H groups in total.